The maximum absolute atomic E-state index is 11.1. The normalized spacial score (nSPS) is 20.6. The van der Waals surface area contributed by atoms with Gasteiger partial charge in [-0.25, -0.2) is 0 Å². The second kappa shape index (κ2) is 5.63. The average molecular weight is 328 g/mol. The molecule has 2 heterocycles. The molecule has 0 saturated carbocycles. The lowest BCUT2D eigenvalue weighted by Crippen LogP contribution is -2.30. The zero-order valence-electron chi connectivity index (χ0n) is 13.3. The van der Waals surface area contributed by atoms with E-state index >= 15 is 0 Å². The molecule has 2 atom stereocenters. The van der Waals surface area contributed by atoms with Crippen LogP contribution in [0.3, 0.4) is 0 Å². The Bertz CT molecular complexity index is 800. The van der Waals surface area contributed by atoms with E-state index < -0.39 is 0 Å². The lowest BCUT2D eigenvalue weighted by Gasteiger charge is -2.32. The van der Waals surface area contributed by atoms with Gasteiger partial charge in [0.1, 0.15) is 11.9 Å². The molecular weight excluding hydrogens is 312 g/mol. The monoisotopic (exact) mass is 328 g/mol. The minimum absolute atomic E-state index is 0.227. The maximum atomic E-state index is 11.1. The Morgan fingerprint density at radius 1 is 1.04 bits per heavy atom. The van der Waals surface area contributed by atoms with Gasteiger partial charge in [-0.2, -0.15) is 0 Å². The second-order valence-electron chi connectivity index (χ2n) is 5.63. The molecule has 0 fully saturated rings. The number of carbonyl (C=O) groups excluding carboxylic acids is 1. The molecule has 124 valence electrons. The van der Waals surface area contributed by atoms with E-state index in [4.69, 9.17) is 23.7 Å². The van der Waals surface area contributed by atoms with Gasteiger partial charge >= 0.3 is 0 Å². The first-order chi connectivity index (χ1) is 11.7. The number of rotatable bonds is 3. The van der Waals surface area contributed by atoms with Gasteiger partial charge in [0.15, 0.2) is 35.4 Å². The highest BCUT2D eigenvalue weighted by Gasteiger charge is 2.32. The Kier molecular flexibility index (Phi) is 3.45. The highest BCUT2D eigenvalue weighted by atomic mass is 16.7. The van der Waals surface area contributed by atoms with Gasteiger partial charge in [-0.1, -0.05) is 6.07 Å². The summed E-state index contributed by atoms with van der Waals surface area (Å²) in [7, 11) is 1.51. The van der Waals surface area contributed by atoms with Crippen molar-refractivity contribution in [3.8, 4) is 28.7 Å². The van der Waals surface area contributed by atoms with Gasteiger partial charge in [-0.3, -0.25) is 4.79 Å². The van der Waals surface area contributed by atoms with Crippen molar-refractivity contribution in [1.29, 1.82) is 0 Å². The number of ether oxygens (including phenoxy) is 5. The average Bonchev–Trinajstić information content (AvgIpc) is 3.07. The van der Waals surface area contributed by atoms with Crippen molar-refractivity contribution in [2.24, 2.45) is 0 Å². The van der Waals surface area contributed by atoms with E-state index in [2.05, 4.69) is 0 Å². The molecule has 2 aliphatic heterocycles. The molecule has 24 heavy (non-hydrogen) atoms. The van der Waals surface area contributed by atoms with Crippen LogP contribution in [0.15, 0.2) is 30.3 Å². The van der Waals surface area contributed by atoms with Gasteiger partial charge in [-0.05, 0) is 25.1 Å². The highest BCUT2D eigenvalue weighted by molar-refractivity contribution is 5.81. The molecule has 0 radical (unpaired) electrons. The topological polar surface area (TPSA) is 63.2 Å². The molecule has 0 N–H and O–H groups in total. The second-order valence-corrected chi connectivity index (χ2v) is 5.63. The molecule has 2 aromatic carbocycles. The summed E-state index contributed by atoms with van der Waals surface area (Å²) >= 11 is 0. The van der Waals surface area contributed by atoms with Crippen LogP contribution in [0.25, 0.3) is 0 Å². The summed E-state index contributed by atoms with van der Waals surface area (Å²) in [6, 6.07) is 8.99. The van der Waals surface area contributed by atoms with Crippen LogP contribution in [-0.4, -0.2) is 26.3 Å². The SMILES string of the molecule is COc1cc2c(cc1C=O)O[C@H](C)[C@@H](c1ccc3c(c1)OCO3)O2. The molecule has 2 aliphatic rings. The summed E-state index contributed by atoms with van der Waals surface area (Å²) in [6.45, 7) is 2.15. The van der Waals surface area contributed by atoms with Gasteiger partial charge in [0, 0.05) is 11.6 Å². The molecule has 0 saturated heterocycles. The summed E-state index contributed by atoms with van der Waals surface area (Å²) in [5.74, 6) is 2.94. The maximum Gasteiger partial charge on any atom is 0.231 e. The van der Waals surface area contributed by atoms with Crippen LogP contribution in [-0.2, 0) is 0 Å². The van der Waals surface area contributed by atoms with E-state index in [1.165, 1.54) is 7.11 Å². The van der Waals surface area contributed by atoms with Gasteiger partial charge in [-0.15, -0.1) is 0 Å². The summed E-state index contributed by atoms with van der Waals surface area (Å²) in [5.41, 5.74) is 1.35. The molecule has 2 aromatic rings. The first-order valence-electron chi connectivity index (χ1n) is 7.59. The third kappa shape index (κ3) is 2.31. The fourth-order valence-electron chi connectivity index (χ4n) is 2.93. The number of fused-ring (bicyclic) bond motifs is 2. The Hall–Kier alpha value is -2.89. The Labute approximate surface area is 138 Å². The van der Waals surface area contributed by atoms with Gasteiger partial charge in [0.05, 0.1) is 12.7 Å². The Morgan fingerprint density at radius 3 is 2.62 bits per heavy atom. The molecule has 6 heteroatoms. The van der Waals surface area contributed by atoms with Crippen molar-refractivity contribution in [3.05, 3.63) is 41.5 Å². The van der Waals surface area contributed by atoms with Gasteiger partial charge in [0.25, 0.3) is 0 Å². The third-order valence-corrected chi connectivity index (χ3v) is 4.14. The van der Waals surface area contributed by atoms with Crippen molar-refractivity contribution < 1.29 is 28.5 Å². The van der Waals surface area contributed by atoms with E-state index in [1.807, 2.05) is 25.1 Å². The first-order valence-corrected chi connectivity index (χ1v) is 7.59. The van der Waals surface area contributed by atoms with Crippen molar-refractivity contribution in [2.75, 3.05) is 13.9 Å². The van der Waals surface area contributed by atoms with E-state index in [9.17, 15) is 4.79 Å². The molecule has 4 rings (SSSR count). The number of aldehydes is 1. The van der Waals surface area contributed by atoms with Crippen LogP contribution >= 0.6 is 0 Å². The van der Waals surface area contributed by atoms with Crippen LogP contribution in [0, 0.1) is 0 Å². The smallest absolute Gasteiger partial charge is 0.231 e. The number of hydrogen-bond acceptors (Lipinski definition) is 6. The summed E-state index contributed by atoms with van der Waals surface area (Å²) < 4.78 is 28.1. The van der Waals surface area contributed by atoms with Crippen LogP contribution in [0.4, 0.5) is 0 Å². The molecule has 0 aliphatic carbocycles. The van der Waals surface area contributed by atoms with E-state index in [1.54, 1.807) is 12.1 Å². The highest BCUT2D eigenvalue weighted by Crippen LogP contribution is 2.44. The predicted molar refractivity (Wildman–Crippen MR) is 84.4 cm³/mol. The van der Waals surface area contributed by atoms with Crippen LogP contribution < -0.4 is 23.7 Å². The van der Waals surface area contributed by atoms with E-state index in [-0.39, 0.29) is 19.0 Å². The minimum atomic E-state index is -0.307. The van der Waals surface area contributed by atoms with E-state index in [0.29, 0.717) is 28.6 Å². The summed E-state index contributed by atoms with van der Waals surface area (Å²) in [4.78, 5) is 11.1. The Balaban J connectivity index is 1.69. The molecule has 0 spiro atoms. The number of carbonyl (C=O) groups is 1. The number of hydrogen-bond donors (Lipinski definition) is 0. The van der Waals surface area contributed by atoms with Gasteiger partial charge < -0.3 is 23.7 Å². The number of methoxy groups -OCH3 is 1. The van der Waals surface area contributed by atoms with Crippen molar-refractivity contribution in [1.82, 2.24) is 0 Å². The number of benzene rings is 2. The fourth-order valence-corrected chi connectivity index (χ4v) is 2.93. The van der Waals surface area contributed by atoms with Gasteiger partial charge in [0.2, 0.25) is 6.79 Å². The zero-order chi connectivity index (χ0) is 16.7. The fraction of sp³-hybridized carbons (Fsp3) is 0.278. The zero-order valence-corrected chi connectivity index (χ0v) is 13.3. The molecule has 0 bridgehead atoms. The predicted octanol–water partition coefficient (Wildman–Crippen LogP) is 3.14. The summed E-state index contributed by atoms with van der Waals surface area (Å²) in [5, 5.41) is 0. The third-order valence-electron chi connectivity index (χ3n) is 4.14. The lowest BCUT2D eigenvalue weighted by atomic mass is 10.0. The van der Waals surface area contributed by atoms with Crippen molar-refractivity contribution >= 4 is 6.29 Å². The summed E-state index contributed by atoms with van der Waals surface area (Å²) in [6.07, 6.45) is 0.196. The standard InChI is InChI=1S/C18H16O6/c1-10-18(11-3-4-13-15(5-11)22-9-21-13)24-17-7-14(20-2)12(8-19)6-16(17)23-10/h3-8,10,18H,9H2,1-2H3/t10-,18+/m1/s1. The molecule has 0 aromatic heterocycles. The van der Waals surface area contributed by atoms with Crippen LogP contribution in [0.2, 0.25) is 0 Å². The van der Waals surface area contributed by atoms with Crippen molar-refractivity contribution in [3.63, 3.8) is 0 Å². The first kappa shape index (κ1) is 14.7. The van der Waals surface area contributed by atoms with Crippen LogP contribution in [0.1, 0.15) is 28.9 Å². The molecule has 0 unspecified atom stereocenters. The lowest BCUT2D eigenvalue weighted by molar-refractivity contribution is 0.0302. The van der Waals surface area contributed by atoms with Crippen LogP contribution in [0.5, 0.6) is 28.7 Å². The molecule has 0 amide bonds. The quantitative estimate of drug-likeness (QED) is 0.807. The largest absolute Gasteiger partial charge is 0.496 e. The Morgan fingerprint density at radius 2 is 1.83 bits per heavy atom. The van der Waals surface area contributed by atoms with E-state index in [0.717, 1.165) is 17.6 Å². The minimum Gasteiger partial charge on any atom is -0.496 e. The van der Waals surface area contributed by atoms with Crippen molar-refractivity contribution in [2.45, 2.75) is 19.1 Å². The molecular formula is C18H16O6. The molecule has 6 nitrogen and oxygen atoms in total.